The van der Waals surface area contributed by atoms with Gasteiger partial charge in [0.05, 0.1) is 7.05 Å². The standard InChI is InChI=1S/C17H25N3O2/c1-13-7-9-14(10-8-13)11-20(2)12-16(21)19-17(22)18-15-5-3-4-6-15/h7-10,15H,3-6,11-12H2,1-2H3,(H2,18,19,21,22)/p+1. The number of nitrogens with one attached hydrogen (secondary N) is 3. The van der Waals surface area contributed by atoms with Gasteiger partial charge in [0.15, 0.2) is 6.54 Å². The third-order valence-electron chi connectivity index (χ3n) is 4.03. The maximum Gasteiger partial charge on any atom is 0.321 e. The molecule has 22 heavy (non-hydrogen) atoms. The van der Waals surface area contributed by atoms with Gasteiger partial charge in [-0.25, -0.2) is 4.79 Å². The van der Waals surface area contributed by atoms with Crippen molar-refractivity contribution in [3.63, 3.8) is 0 Å². The smallest absolute Gasteiger partial charge is 0.321 e. The number of carbonyl (C=O) groups excluding carboxylic acids is 2. The number of aryl methyl sites for hydroxylation is 1. The topological polar surface area (TPSA) is 62.6 Å². The summed E-state index contributed by atoms with van der Waals surface area (Å²) in [5.41, 5.74) is 2.41. The highest BCUT2D eigenvalue weighted by molar-refractivity contribution is 5.94. The van der Waals surface area contributed by atoms with E-state index in [-0.39, 0.29) is 24.5 Å². The van der Waals surface area contributed by atoms with Crippen molar-refractivity contribution in [2.75, 3.05) is 13.6 Å². The van der Waals surface area contributed by atoms with Crippen molar-refractivity contribution >= 4 is 11.9 Å². The first-order valence-electron chi connectivity index (χ1n) is 8.00. The van der Waals surface area contributed by atoms with E-state index in [1.54, 1.807) is 0 Å². The quantitative estimate of drug-likeness (QED) is 0.753. The summed E-state index contributed by atoms with van der Waals surface area (Å²) in [6, 6.07) is 8.15. The van der Waals surface area contributed by atoms with Crippen molar-refractivity contribution in [1.29, 1.82) is 0 Å². The lowest BCUT2D eigenvalue weighted by Crippen LogP contribution is -3.09. The molecule has 0 spiro atoms. The Morgan fingerprint density at radius 1 is 1.18 bits per heavy atom. The van der Waals surface area contributed by atoms with Crippen molar-refractivity contribution < 1.29 is 14.5 Å². The molecular weight excluding hydrogens is 278 g/mol. The lowest BCUT2D eigenvalue weighted by atomic mass is 10.1. The predicted molar refractivity (Wildman–Crippen MR) is 85.6 cm³/mol. The number of urea groups is 1. The second-order valence-corrected chi connectivity index (χ2v) is 6.30. The Kier molecular flexibility index (Phi) is 5.95. The average molecular weight is 304 g/mol. The monoisotopic (exact) mass is 304 g/mol. The highest BCUT2D eigenvalue weighted by atomic mass is 16.2. The Morgan fingerprint density at radius 3 is 2.45 bits per heavy atom. The van der Waals surface area contributed by atoms with Crippen molar-refractivity contribution in [3.05, 3.63) is 35.4 Å². The Balaban J connectivity index is 1.71. The Labute approximate surface area is 132 Å². The molecule has 1 aliphatic carbocycles. The molecule has 0 radical (unpaired) electrons. The number of carbonyl (C=O) groups is 2. The molecule has 120 valence electrons. The van der Waals surface area contributed by atoms with Gasteiger partial charge >= 0.3 is 6.03 Å². The molecule has 3 N–H and O–H groups in total. The summed E-state index contributed by atoms with van der Waals surface area (Å²) in [5.74, 6) is -0.236. The molecule has 1 aliphatic rings. The van der Waals surface area contributed by atoms with Crippen LogP contribution in [-0.2, 0) is 11.3 Å². The zero-order valence-electron chi connectivity index (χ0n) is 13.4. The third-order valence-corrected chi connectivity index (χ3v) is 4.03. The zero-order chi connectivity index (χ0) is 15.9. The maximum atomic E-state index is 11.9. The van der Waals surface area contributed by atoms with Crippen LogP contribution >= 0.6 is 0 Å². The minimum atomic E-state index is -0.361. The lowest BCUT2D eigenvalue weighted by Gasteiger charge is -2.15. The summed E-state index contributed by atoms with van der Waals surface area (Å²) in [6.45, 7) is 3.10. The molecule has 5 heteroatoms. The number of rotatable bonds is 5. The van der Waals surface area contributed by atoms with Crippen LogP contribution in [0.2, 0.25) is 0 Å². The number of benzene rings is 1. The van der Waals surface area contributed by atoms with E-state index in [4.69, 9.17) is 0 Å². The molecule has 2 rings (SSSR count). The summed E-state index contributed by atoms with van der Waals surface area (Å²) in [7, 11) is 1.95. The van der Waals surface area contributed by atoms with E-state index in [0.29, 0.717) is 0 Å². The first kappa shape index (κ1) is 16.5. The van der Waals surface area contributed by atoms with Crippen LogP contribution in [0, 0.1) is 6.92 Å². The lowest BCUT2D eigenvalue weighted by molar-refractivity contribution is -0.885. The Bertz CT molecular complexity index is 507. The van der Waals surface area contributed by atoms with Crippen LogP contribution in [-0.4, -0.2) is 31.6 Å². The van der Waals surface area contributed by atoms with E-state index in [9.17, 15) is 9.59 Å². The van der Waals surface area contributed by atoms with E-state index < -0.39 is 0 Å². The van der Waals surface area contributed by atoms with E-state index in [1.165, 1.54) is 11.1 Å². The van der Waals surface area contributed by atoms with Crippen LogP contribution in [0.15, 0.2) is 24.3 Å². The normalized spacial score (nSPS) is 16.3. The van der Waals surface area contributed by atoms with Crippen molar-refractivity contribution in [1.82, 2.24) is 10.6 Å². The van der Waals surface area contributed by atoms with Crippen LogP contribution in [0.3, 0.4) is 0 Å². The first-order valence-corrected chi connectivity index (χ1v) is 8.00. The molecule has 1 saturated carbocycles. The Morgan fingerprint density at radius 2 is 1.82 bits per heavy atom. The zero-order valence-corrected chi connectivity index (χ0v) is 13.4. The summed E-state index contributed by atoms with van der Waals surface area (Å²) >= 11 is 0. The van der Waals surface area contributed by atoms with E-state index in [1.807, 2.05) is 7.05 Å². The van der Waals surface area contributed by atoms with E-state index >= 15 is 0 Å². The van der Waals surface area contributed by atoms with Gasteiger partial charge in [0.25, 0.3) is 5.91 Å². The molecule has 3 amide bonds. The van der Waals surface area contributed by atoms with Gasteiger partial charge in [-0.05, 0) is 19.8 Å². The van der Waals surface area contributed by atoms with E-state index in [0.717, 1.165) is 37.1 Å². The number of amides is 3. The number of likely N-dealkylation sites (N-methyl/N-ethyl adjacent to an activating group) is 1. The number of hydrogen-bond donors (Lipinski definition) is 3. The molecule has 1 aromatic carbocycles. The van der Waals surface area contributed by atoms with Gasteiger partial charge in [-0.15, -0.1) is 0 Å². The minimum Gasteiger partial charge on any atom is -0.335 e. The fourth-order valence-electron chi connectivity index (χ4n) is 2.85. The van der Waals surface area contributed by atoms with Crippen molar-refractivity contribution in [2.24, 2.45) is 0 Å². The van der Waals surface area contributed by atoms with Crippen LogP contribution in [0.1, 0.15) is 36.8 Å². The summed E-state index contributed by atoms with van der Waals surface area (Å²) in [5, 5.41) is 5.28. The second-order valence-electron chi connectivity index (χ2n) is 6.30. The van der Waals surface area contributed by atoms with Gasteiger partial charge in [0.2, 0.25) is 0 Å². The SMILES string of the molecule is Cc1ccc(C[NH+](C)CC(=O)NC(=O)NC2CCCC2)cc1. The second kappa shape index (κ2) is 7.94. The van der Waals surface area contributed by atoms with Crippen LogP contribution in [0.25, 0.3) is 0 Å². The highest BCUT2D eigenvalue weighted by Gasteiger charge is 2.19. The predicted octanol–water partition coefficient (Wildman–Crippen LogP) is 0.778. The molecule has 0 heterocycles. The minimum absolute atomic E-state index is 0.227. The molecule has 0 saturated heterocycles. The van der Waals surface area contributed by atoms with Crippen LogP contribution in [0.5, 0.6) is 0 Å². The first-order chi connectivity index (χ1) is 10.5. The fourth-order valence-corrected chi connectivity index (χ4v) is 2.85. The van der Waals surface area contributed by atoms with Gasteiger partial charge in [-0.1, -0.05) is 42.7 Å². The summed E-state index contributed by atoms with van der Waals surface area (Å²) in [4.78, 5) is 24.7. The molecule has 5 nitrogen and oxygen atoms in total. The highest BCUT2D eigenvalue weighted by Crippen LogP contribution is 2.17. The number of imide groups is 1. The van der Waals surface area contributed by atoms with Crippen LogP contribution < -0.4 is 15.5 Å². The van der Waals surface area contributed by atoms with Crippen LogP contribution in [0.4, 0.5) is 4.79 Å². The molecule has 0 aromatic heterocycles. The molecule has 1 fully saturated rings. The molecule has 1 aromatic rings. The van der Waals surface area contributed by atoms with E-state index in [2.05, 4.69) is 41.8 Å². The number of hydrogen-bond acceptors (Lipinski definition) is 2. The van der Waals surface area contributed by atoms with Gasteiger partial charge in [0.1, 0.15) is 6.54 Å². The van der Waals surface area contributed by atoms with Gasteiger partial charge in [-0.3, -0.25) is 10.1 Å². The van der Waals surface area contributed by atoms with Gasteiger partial charge < -0.3 is 10.2 Å². The largest absolute Gasteiger partial charge is 0.335 e. The van der Waals surface area contributed by atoms with Crippen molar-refractivity contribution in [2.45, 2.75) is 45.2 Å². The van der Waals surface area contributed by atoms with Gasteiger partial charge in [0, 0.05) is 11.6 Å². The van der Waals surface area contributed by atoms with Crippen molar-refractivity contribution in [3.8, 4) is 0 Å². The molecule has 1 atom stereocenters. The third kappa shape index (κ3) is 5.48. The molecule has 0 bridgehead atoms. The number of quaternary nitrogens is 1. The molecular formula is C17H26N3O2+. The Hall–Kier alpha value is -1.88. The maximum absolute atomic E-state index is 11.9. The van der Waals surface area contributed by atoms with Gasteiger partial charge in [-0.2, -0.15) is 0 Å². The molecule has 0 aliphatic heterocycles. The summed E-state index contributed by atoms with van der Waals surface area (Å²) in [6.07, 6.45) is 4.34. The average Bonchev–Trinajstić information content (AvgIpc) is 2.93. The summed E-state index contributed by atoms with van der Waals surface area (Å²) < 4.78 is 0. The molecule has 1 unspecified atom stereocenters. The fraction of sp³-hybridized carbons (Fsp3) is 0.529.